The molecule has 2 nitrogen and oxygen atoms in total. The molecule has 0 aliphatic carbocycles. The number of para-hydroxylation sites is 1. The second-order valence-electron chi connectivity index (χ2n) is 7.71. The molecule has 0 atom stereocenters. The molecular formula is C17H27NO. The van der Waals surface area contributed by atoms with Crippen LogP contribution in [0, 0.1) is 10.8 Å². The second-order valence-corrected chi connectivity index (χ2v) is 7.71. The molecule has 1 aliphatic rings. The van der Waals surface area contributed by atoms with E-state index in [0.29, 0.717) is 0 Å². The maximum atomic E-state index is 6.59. The Morgan fingerprint density at radius 1 is 1.00 bits per heavy atom. The molecule has 1 heterocycles. The van der Waals surface area contributed by atoms with Crippen LogP contribution >= 0.6 is 0 Å². The van der Waals surface area contributed by atoms with E-state index in [1.54, 1.807) is 0 Å². The van der Waals surface area contributed by atoms with Crippen LogP contribution in [0.5, 0.6) is 5.75 Å². The minimum Gasteiger partial charge on any atom is -0.471 e. The second kappa shape index (κ2) is 4.24. The van der Waals surface area contributed by atoms with E-state index < -0.39 is 0 Å². The SMILES string of the molecule is CN1Cc2ccccc2OC1(C(C)(C)C)C(C)(C)C. The third-order valence-corrected chi connectivity index (χ3v) is 4.21. The first kappa shape index (κ1) is 14.4. The van der Waals surface area contributed by atoms with Gasteiger partial charge in [-0.15, -0.1) is 0 Å². The number of ether oxygens (including phenoxy) is 1. The van der Waals surface area contributed by atoms with Gasteiger partial charge in [0.25, 0.3) is 0 Å². The van der Waals surface area contributed by atoms with Gasteiger partial charge in [0, 0.05) is 22.9 Å². The molecule has 0 unspecified atom stereocenters. The summed E-state index contributed by atoms with van der Waals surface area (Å²) in [6, 6.07) is 8.38. The van der Waals surface area contributed by atoms with E-state index in [-0.39, 0.29) is 16.6 Å². The monoisotopic (exact) mass is 261 g/mol. The van der Waals surface area contributed by atoms with Crippen LogP contribution in [0.2, 0.25) is 0 Å². The van der Waals surface area contributed by atoms with Crippen LogP contribution in [0.1, 0.15) is 47.1 Å². The summed E-state index contributed by atoms with van der Waals surface area (Å²) in [5.41, 5.74) is 1.00. The standard InChI is InChI=1S/C17H27NO/c1-15(2,3)17(16(4,5)6)18(7)12-13-10-8-9-11-14(13)19-17/h8-11H,12H2,1-7H3. The van der Waals surface area contributed by atoms with Crippen LogP contribution in [0.25, 0.3) is 0 Å². The van der Waals surface area contributed by atoms with Crippen molar-refractivity contribution >= 4 is 0 Å². The Bertz CT molecular complexity index is 451. The van der Waals surface area contributed by atoms with Crippen LogP contribution in [0.15, 0.2) is 24.3 Å². The zero-order valence-electron chi connectivity index (χ0n) is 13.4. The fourth-order valence-electron chi connectivity index (χ4n) is 3.91. The molecule has 19 heavy (non-hydrogen) atoms. The number of hydrogen-bond acceptors (Lipinski definition) is 2. The fourth-order valence-corrected chi connectivity index (χ4v) is 3.91. The summed E-state index contributed by atoms with van der Waals surface area (Å²) in [4.78, 5) is 2.37. The van der Waals surface area contributed by atoms with Crippen LogP contribution in [0.3, 0.4) is 0 Å². The lowest BCUT2D eigenvalue weighted by Gasteiger charge is -2.59. The van der Waals surface area contributed by atoms with Crippen LogP contribution in [-0.4, -0.2) is 17.7 Å². The zero-order valence-corrected chi connectivity index (χ0v) is 13.4. The van der Waals surface area contributed by atoms with Gasteiger partial charge in [0.15, 0.2) is 5.72 Å². The van der Waals surface area contributed by atoms with Crippen molar-refractivity contribution in [2.24, 2.45) is 10.8 Å². The molecule has 1 aromatic rings. The molecule has 0 saturated heterocycles. The number of fused-ring (bicyclic) bond motifs is 1. The average Bonchev–Trinajstić information content (AvgIpc) is 2.24. The van der Waals surface area contributed by atoms with Crippen molar-refractivity contribution in [1.29, 1.82) is 0 Å². The van der Waals surface area contributed by atoms with Crippen molar-refractivity contribution in [1.82, 2.24) is 4.90 Å². The van der Waals surface area contributed by atoms with Crippen molar-refractivity contribution < 1.29 is 4.74 Å². The Balaban J connectivity index is 2.59. The molecule has 2 rings (SSSR count). The molecule has 0 fully saturated rings. The lowest BCUT2D eigenvalue weighted by Crippen LogP contribution is -2.68. The first-order valence-corrected chi connectivity index (χ1v) is 7.08. The molecule has 1 aromatic carbocycles. The number of nitrogens with zero attached hydrogens (tertiary/aromatic N) is 1. The van der Waals surface area contributed by atoms with Crippen molar-refractivity contribution in [3.8, 4) is 5.75 Å². The van der Waals surface area contributed by atoms with Gasteiger partial charge in [-0.3, -0.25) is 4.90 Å². The predicted octanol–water partition coefficient (Wildman–Crippen LogP) is 4.30. The molecule has 0 saturated carbocycles. The molecule has 0 N–H and O–H groups in total. The summed E-state index contributed by atoms with van der Waals surface area (Å²) in [5, 5.41) is 0. The van der Waals surface area contributed by atoms with Crippen LogP contribution in [-0.2, 0) is 6.54 Å². The fraction of sp³-hybridized carbons (Fsp3) is 0.647. The Morgan fingerprint density at radius 2 is 1.53 bits per heavy atom. The highest BCUT2D eigenvalue weighted by molar-refractivity contribution is 5.36. The molecule has 0 spiro atoms. The quantitative estimate of drug-likeness (QED) is 0.690. The van der Waals surface area contributed by atoms with E-state index in [1.165, 1.54) is 5.56 Å². The minimum atomic E-state index is -0.311. The molecule has 0 amide bonds. The Morgan fingerprint density at radius 3 is 2.05 bits per heavy atom. The summed E-state index contributed by atoms with van der Waals surface area (Å²) in [6.07, 6.45) is 0. The van der Waals surface area contributed by atoms with E-state index in [2.05, 4.69) is 77.8 Å². The lowest BCUT2D eigenvalue weighted by atomic mass is 9.66. The molecule has 0 radical (unpaired) electrons. The van der Waals surface area contributed by atoms with Gasteiger partial charge in [-0.05, 0) is 13.1 Å². The summed E-state index contributed by atoms with van der Waals surface area (Å²) in [5.74, 6) is 1.03. The van der Waals surface area contributed by atoms with Crippen LogP contribution in [0.4, 0.5) is 0 Å². The molecule has 106 valence electrons. The predicted molar refractivity (Wildman–Crippen MR) is 80.2 cm³/mol. The van der Waals surface area contributed by atoms with Gasteiger partial charge >= 0.3 is 0 Å². The van der Waals surface area contributed by atoms with Gasteiger partial charge in [0.05, 0.1) is 0 Å². The maximum Gasteiger partial charge on any atom is 0.173 e. The van der Waals surface area contributed by atoms with E-state index in [0.717, 1.165) is 12.3 Å². The average molecular weight is 261 g/mol. The van der Waals surface area contributed by atoms with Gasteiger partial charge in [0.1, 0.15) is 5.75 Å². The molecule has 0 bridgehead atoms. The number of hydrogen-bond donors (Lipinski definition) is 0. The van der Waals surface area contributed by atoms with Crippen molar-refractivity contribution in [3.05, 3.63) is 29.8 Å². The molecule has 1 aliphatic heterocycles. The smallest absolute Gasteiger partial charge is 0.173 e. The lowest BCUT2D eigenvalue weighted by molar-refractivity contribution is -0.225. The highest BCUT2D eigenvalue weighted by Crippen LogP contribution is 2.51. The highest BCUT2D eigenvalue weighted by Gasteiger charge is 2.57. The molecular weight excluding hydrogens is 234 g/mol. The number of benzene rings is 1. The van der Waals surface area contributed by atoms with E-state index in [4.69, 9.17) is 4.74 Å². The Kier molecular flexibility index (Phi) is 3.21. The first-order valence-electron chi connectivity index (χ1n) is 7.08. The first-order chi connectivity index (χ1) is 8.59. The zero-order chi connectivity index (χ0) is 14.5. The normalized spacial score (nSPS) is 19.7. The minimum absolute atomic E-state index is 0.0214. The summed E-state index contributed by atoms with van der Waals surface area (Å²) < 4.78 is 6.59. The summed E-state index contributed by atoms with van der Waals surface area (Å²) >= 11 is 0. The van der Waals surface area contributed by atoms with Gasteiger partial charge in [0.2, 0.25) is 0 Å². The Hall–Kier alpha value is -1.02. The number of rotatable bonds is 0. The van der Waals surface area contributed by atoms with Crippen molar-refractivity contribution in [3.63, 3.8) is 0 Å². The van der Waals surface area contributed by atoms with Gasteiger partial charge in [-0.1, -0.05) is 59.7 Å². The van der Waals surface area contributed by atoms with Crippen LogP contribution < -0.4 is 4.74 Å². The van der Waals surface area contributed by atoms with E-state index >= 15 is 0 Å². The van der Waals surface area contributed by atoms with Crippen molar-refractivity contribution in [2.75, 3.05) is 7.05 Å². The maximum absolute atomic E-state index is 6.59. The van der Waals surface area contributed by atoms with E-state index in [9.17, 15) is 0 Å². The van der Waals surface area contributed by atoms with Gasteiger partial charge in [-0.25, -0.2) is 0 Å². The third kappa shape index (κ3) is 2.06. The third-order valence-electron chi connectivity index (χ3n) is 4.21. The summed E-state index contributed by atoms with van der Waals surface area (Å²) in [6.45, 7) is 14.5. The van der Waals surface area contributed by atoms with E-state index in [1.807, 2.05) is 0 Å². The largest absolute Gasteiger partial charge is 0.471 e. The van der Waals surface area contributed by atoms with Crippen molar-refractivity contribution in [2.45, 2.75) is 53.8 Å². The Labute approximate surface area is 117 Å². The molecule has 0 aromatic heterocycles. The summed E-state index contributed by atoms with van der Waals surface area (Å²) in [7, 11) is 2.17. The molecule has 2 heteroatoms. The van der Waals surface area contributed by atoms with Gasteiger partial charge < -0.3 is 4.74 Å². The van der Waals surface area contributed by atoms with Gasteiger partial charge in [-0.2, -0.15) is 0 Å². The highest BCUT2D eigenvalue weighted by atomic mass is 16.5. The topological polar surface area (TPSA) is 12.5 Å².